The maximum Gasteiger partial charge on any atom is 0.278 e. The first-order valence-electron chi connectivity index (χ1n) is 11.0. The molecule has 0 unspecified atom stereocenters. The highest BCUT2D eigenvalue weighted by Gasteiger charge is 2.31. The van der Waals surface area contributed by atoms with Gasteiger partial charge in [-0.05, 0) is 23.8 Å². The number of fused-ring (bicyclic) bond motifs is 1. The molecule has 36 heavy (non-hydrogen) atoms. The second kappa shape index (κ2) is 12.5. The van der Waals surface area contributed by atoms with Crippen molar-refractivity contribution in [3.05, 3.63) is 106 Å². The van der Waals surface area contributed by atoms with E-state index < -0.39 is 28.7 Å². The normalized spacial score (nSPS) is 12.8. The van der Waals surface area contributed by atoms with E-state index in [1.807, 2.05) is 35.3 Å². The molecule has 0 saturated heterocycles. The Morgan fingerprint density at radius 3 is 2.44 bits per heavy atom. The largest absolute Gasteiger partial charge is 0.502 e. The summed E-state index contributed by atoms with van der Waals surface area (Å²) in [6, 6.07) is 14.4. The predicted octanol–water partition coefficient (Wildman–Crippen LogP) is 3.28. The van der Waals surface area contributed by atoms with E-state index in [0.717, 1.165) is 11.6 Å². The topological polar surface area (TPSA) is 84.2 Å². The Labute approximate surface area is 207 Å². The highest BCUT2D eigenvalue weighted by Crippen LogP contribution is 2.21. The van der Waals surface area contributed by atoms with Crippen molar-refractivity contribution < 1.29 is 28.2 Å². The number of aromatic nitrogens is 1. The Bertz CT molecular complexity index is 1260. The van der Waals surface area contributed by atoms with Gasteiger partial charge in [-0.1, -0.05) is 42.5 Å². The lowest BCUT2D eigenvalue weighted by Crippen LogP contribution is -2.53. The third-order valence-electron chi connectivity index (χ3n) is 5.13. The monoisotopic (exact) mass is 499 g/mol. The first kappa shape index (κ1) is 26.4. The molecule has 1 aliphatic heterocycles. The second-order valence-corrected chi connectivity index (χ2v) is 7.78. The molecule has 0 radical (unpaired) electrons. The number of pyridine rings is 1. The fourth-order valence-electron chi connectivity index (χ4n) is 3.50. The van der Waals surface area contributed by atoms with E-state index >= 15 is 0 Å². The number of carbonyl (C=O) groups excluding carboxylic acids is 1. The minimum absolute atomic E-state index is 0.0303. The summed E-state index contributed by atoms with van der Waals surface area (Å²) in [5, 5.41) is 12.1. The van der Waals surface area contributed by atoms with Crippen LogP contribution in [0.1, 0.15) is 16.1 Å². The first-order valence-corrected chi connectivity index (χ1v) is 11.0. The Kier molecular flexibility index (Phi) is 9.18. The van der Waals surface area contributed by atoms with Crippen molar-refractivity contribution >= 4 is 5.91 Å². The van der Waals surface area contributed by atoms with E-state index in [9.17, 15) is 23.5 Å². The molecule has 0 atom stereocenters. The van der Waals surface area contributed by atoms with Crippen molar-refractivity contribution in [2.75, 3.05) is 39.0 Å². The van der Waals surface area contributed by atoms with Crippen molar-refractivity contribution in [2.45, 2.75) is 6.54 Å². The lowest BCUT2D eigenvalue weighted by molar-refractivity contribution is 0.0706. The van der Waals surface area contributed by atoms with Crippen molar-refractivity contribution in [3.8, 4) is 11.5 Å². The molecular formula is C26H27F2N3O5. The van der Waals surface area contributed by atoms with Crippen LogP contribution in [0.3, 0.4) is 0 Å². The number of amides is 1. The predicted molar refractivity (Wildman–Crippen MR) is 131 cm³/mol. The summed E-state index contributed by atoms with van der Waals surface area (Å²) < 4.78 is 37.9. The van der Waals surface area contributed by atoms with Crippen molar-refractivity contribution in [3.63, 3.8) is 0 Å². The van der Waals surface area contributed by atoms with E-state index in [4.69, 9.17) is 4.74 Å². The van der Waals surface area contributed by atoms with E-state index in [-0.39, 0.29) is 31.3 Å². The van der Waals surface area contributed by atoms with E-state index in [0.29, 0.717) is 6.54 Å². The molecule has 4 rings (SSSR count). The van der Waals surface area contributed by atoms with Gasteiger partial charge >= 0.3 is 0 Å². The summed E-state index contributed by atoms with van der Waals surface area (Å²) in [5.74, 6) is -3.38. The smallest absolute Gasteiger partial charge is 0.278 e. The zero-order chi connectivity index (χ0) is 26.1. The van der Waals surface area contributed by atoms with Crippen LogP contribution in [0, 0.1) is 11.6 Å². The number of hydrogen-bond acceptors (Lipinski definition) is 6. The number of benzene rings is 2. The summed E-state index contributed by atoms with van der Waals surface area (Å²) in [6.45, 7) is 0.761. The van der Waals surface area contributed by atoms with Gasteiger partial charge in [-0.2, -0.15) is 4.39 Å². The molecule has 0 aliphatic carbocycles. The molecule has 10 heteroatoms. The number of methoxy groups -OCH3 is 1. The molecule has 0 spiro atoms. The first-order chi connectivity index (χ1) is 17.4. The van der Waals surface area contributed by atoms with Crippen LogP contribution in [0.25, 0.3) is 0 Å². The van der Waals surface area contributed by atoms with Crippen LogP contribution in [0.15, 0.2) is 77.7 Å². The van der Waals surface area contributed by atoms with Crippen LogP contribution in [0.2, 0.25) is 0 Å². The molecule has 190 valence electrons. The maximum atomic E-state index is 13.7. The fraction of sp³-hybridized carbons (Fsp3) is 0.231. The van der Waals surface area contributed by atoms with E-state index in [2.05, 4.69) is 4.74 Å². The Hall–Kier alpha value is -4.18. The van der Waals surface area contributed by atoms with Gasteiger partial charge in [-0.25, -0.2) is 4.39 Å². The third-order valence-corrected chi connectivity index (χ3v) is 5.13. The van der Waals surface area contributed by atoms with Gasteiger partial charge in [0.1, 0.15) is 13.3 Å². The lowest BCUT2D eigenvalue weighted by Gasteiger charge is -2.39. The van der Waals surface area contributed by atoms with E-state index in [1.165, 1.54) is 34.0 Å². The number of ether oxygens (including phenoxy) is 2. The Morgan fingerprint density at radius 2 is 1.72 bits per heavy atom. The number of rotatable bonds is 7. The number of aromatic hydroxyl groups is 1. The van der Waals surface area contributed by atoms with Gasteiger partial charge in [0.25, 0.3) is 5.91 Å². The SMILES string of the molecule is COC.O=C1c2c(O)c(=O)ccn2N(Cc2ccccc2)CN1C/C=C/COc1cccc(F)c1F. The minimum atomic E-state index is -1.06. The Morgan fingerprint density at radius 1 is 1.00 bits per heavy atom. The van der Waals surface area contributed by atoms with Crippen LogP contribution >= 0.6 is 0 Å². The molecular weight excluding hydrogens is 472 g/mol. The van der Waals surface area contributed by atoms with Gasteiger partial charge in [-0.3, -0.25) is 19.3 Å². The molecule has 1 N–H and O–H groups in total. The number of hydrogen-bond donors (Lipinski definition) is 1. The molecule has 0 bridgehead atoms. The maximum absolute atomic E-state index is 13.7. The van der Waals surface area contributed by atoms with Crippen LogP contribution in [-0.2, 0) is 11.3 Å². The average molecular weight is 500 g/mol. The van der Waals surface area contributed by atoms with Gasteiger partial charge in [0, 0.05) is 33.0 Å². The summed E-state index contributed by atoms with van der Waals surface area (Å²) in [6.07, 6.45) is 4.68. The lowest BCUT2D eigenvalue weighted by atomic mass is 10.2. The number of carbonyl (C=O) groups is 1. The highest BCUT2D eigenvalue weighted by atomic mass is 19.2. The Balaban J connectivity index is 0.00000115. The second-order valence-electron chi connectivity index (χ2n) is 7.78. The van der Waals surface area contributed by atoms with E-state index in [1.54, 1.807) is 26.4 Å². The molecule has 0 saturated carbocycles. The zero-order valence-corrected chi connectivity index (χ0v) is 19.9. The molecule has 3 aromatic rings. The van der Waals surface area contributed by atoms with Gasteiger partial charge < -0.3 is 19.5 Å². The third kappa shape index (κ3) is 6.28. The molecule has 2 aromatic carbocycles. The summed E-state index contributed by atoms with van der Waals surface area (Å²) >= 11 is 0. The molecule has 1 amide bonds. The van der Waals surface area contributed by atoms with Crippen LogP contribution < -0.4 is 15.2 Å². The van der Waals surface area contributed by atoms with Gasteiger partial charge in [0.15, 0.2) is 23.0 Å². The minimum Gasteiger partial charge on any atom is -0.502 e. The summed E-state index contributed by atoms with van der Waals surface area (Å²) in [7, 11) is 3.25. The van der Waals surface area contributed by atoms with Crippen LogP contribution in [0.5, 0.6) is 11.5 Å². The van der Waals surface area contributed by atoms with Crippen molar-refractivity contribution in [1.82, 2.24) is 9.58 Å². The summed E-state index contributed by atoms with van der Waals surface area (Å²) in [4.78, 5) is 26.4. The van der Waals surface area contributed by atoms with Crippen molar-refractivity contribution in [1.29, 1.82) is 0 Å². The molecule has 1 aliphatic rings. The van der Waals surface area contributed by atoms with Gasteiger partial charge in [0.05, 0.1) is 6.54 Å². The quantitative estimate of drug-likeness (QED) is 0.503. The number of halogens is 2. The number of nitrogens with zero attached hydrogens (tertiary/aromatic N) is 3. The van der Waals surface area contributed by atoms with Crippen LogP contribution in [0.4, 0.5) is 8.78 Å². The molecule has 2 heterocycles. The van der Waals surface area contributed by atoms with Gasteiger partial charge in [0.2, 0.25) is 11.2 Å². The molecule has 0 fully saturated rings. The van der Waals surface area contributed by atoms with Gasteiger partial charge in [-0.15, -0.1) is 0 Å². The fourth-order valence-corrected chi connectivity index (χ4v) is 3.50. The van der Waals surface area contributed by atoms with Crippen LogP contribution in [-0.4, -0.2) is 54.6 Å². The van der Waals surface area contributed by atoms with Crippen molar-refractivity contribution in [2.24, 2.45) is 0 Å². The average Bonchev–Trinajstić information content (AvgIpc) is 2.87. The standard InChI is InChI=1S/C24H21F2N3O4.C2H6O/c25-18-9-6-10-20(21(18)26)33-14-5-4-12-27-16-28(15-17-7-2-1-3-8-17)29-13-11-19(30)23(31)22(29)24(27)32;1-3-2/h1-11,13,31H,12,14-16H2;1-2H3/b5-4+;. The molecule has 1 aromatic heterocycles. The summed E-state index contributed by atoms with van der Waals surface area (Å²) in [5.41, 5.74) is 0.227. The molecule has 8 nitrogen and oxygen atoms in total. The zero-order valence-electron chi connectivity index (χ0n) is 19.9. The highest BCUT2D eigenvalue weighted by molar-refractivity contribution is 5.96.